The number of halogens is 1. The zero-order chi connectivity index (χ0) is 11.0. The summed E-state index contributed by atoms with van der Waals surface area (Å²) in [6, 6.07) is 19.1. The normalized spacial score (nSPS) is 10.8. The maximum atomic E-state index is 2.34. The molecule has 0 N–H and O–H groups in total. The largest absolute Gasteiger partial charge is 0.317 e. The van der Waals surface area contributed by atoms with Crippen molar-refractivity contribution < 1.29 is 0 Å². The molecule has 0 amide bonds. The van der Waals surface area contributed by atoms with E-state index < -0.39 is 0 Å². The SMILES string of the molecule is Ic1ccc2c(ccn2-c2ccccc2)c1. The topological polar surface area (TPSA) is 4.93 Å². The van der Waals surface area contributed by atoms with Crippen molar-refractivity contribution in [3.05, 3.63) is 64.4 Å². The third-order valence-electron chi connectivity index (χ3n) is 2.69. The van der Waals surface area contributed by atoms with Crippen LogP contribution in [0.25, 0.3) is 16.6 Å². The lowest BCUT2D eigenvalue weighted by Crippen LogP contribution is -1.90. The molecule has 0 aliphatic rings. The lowest BCUT2D eigenvalue weighted by atomic mass is 10.2. The van der Waals surface area contributed by atoms with Gasteiger partial charge in [0.15, 0.2) is 0 Å². The molecule has 2 aromatic carbocycles. The second-order valence-corrected chi connectivity index (χ2v) is 4.97. The third kappa shape index (κ3) is 1.63. The summed E-state index contributed by atoms with van der Waals surface area (Å²) >= 11 is 2.34. The monoisotopic (exact) mass is 319 g/mol. The number of aromatic nitrogens is 1. The molecule has 16 heavy (non-hydrogen) atoms. The Bertz CT molecular complexity index is 626. The molecule has 1 nitrogen and oxygen atoms in total. The Kier molecular flexibility index (Phi) is 2.44. The molecule has 2 heteroatoms. The van der Waals surface area contributed by atoms with Gasteiger partial charge in [0.1, 0.15) is 0 Å². The first-order valence-electron chi connectivity index (χ1n) is 5.17. The molecule has 3 aromatic rings. The van der Waals surface area contributed by atoms with Gasteiger partial charge in [0.05, 0.1) is 5.52 Å². The van der Waals surface area contributed by atoms with E-state index >= 15 is 0 Å². The molecule has 0 aliphatic carbocycles. The predicted octanol–water partition coefficient (Wildman–Crippen LogP) is 4.24. The van der Waals surface area contributed by atoms with Crippen LogP contribution in [-0.4, -0.2) is 4.57 Å². The molecular weight excluding hydrogens is 309 g/mol. The fourth-order valence-corrected chi connectivity index (χ4v) is 2.44. The van der Waals surface area contributed by atoms with Gasteiger partial charge in [0, 0.05) is 20.8 Å². The first kappa shape index (κ1) is 9.90. The Labute approximate surface area is 108 Å². The highest BCUT2D eigenvalue weighted by Crippen LogP contribution is 2.22. The predicted molar refractivity (Wildman–Crippen MR) is 76.0 cm³/mol. The van der Waals surface area contributed by atoms with Crippen molar-refractivity contribution >= 4 is 33.5 Å². The highest BCUT2D eigenvalue weighted by molar-refractivity contribution is 14.1. The van der Waals surface area contributed by atoms with Crippen LogP contribution >= 0.6 is 22.6 Å². The number of hydrogen-bond acceptors (Lipinski definition) is 0. The quantitative estimate of drug-likeness (QED) is 0.592. The van der Waals surface area contributed by atoms with E-state index in [9.17, 15) is 0 Å². The molecule has 3 rings (SSSR count). The maximum Gasteiger partial charge on any atom is 0.0529 e. The van der Waals surface area contributed by atoms with Crippen molar-refractivity contribution in [1.29, 1.82) is 0 Å². The van der Waals surface area contributed by atoms with Gasteiger partial charge in [-0.25, -0.2) is 0 Å². The van der Waals surface area contributed by atoms with Gasteiger partial charge in [-0.05, 0) is 59.0 Å². The van der Waals surface area contributed by atoms with Gasteiger partial charge in [0.25, 0.3) is 0 Å². The van der Waals surface area contributed by atoms with E-state index in [0.29, 0.717) is 0 Å². The Morgan fingerprint density at radius 3 is 2.50 bits per heavy atom. The third-order valence-corrected chi connectivity index (χ3v) is 3.36. The van der Waals surface area contributed by atoms with Crippen LogP contribution in [0.4, 0.5) is 0 Å². The van der Waals surface area contributed by atoms with E-state index in [2.05, 4.69) is 81.9 Å². The molecule has 0 spiro atoms. The zero-order valence-electron chi connectivity index (χ0n) is 8.60. The van der Waals surface area contributed by atoms with Crippen LogP contribution in [0.5, 0.6) is 0 Å². The first-order valence-corrected chi connectivity index (χ1v) is 6.24. The van der Waals surface area contributed by atoms with Crippen molar-refractivity contribution in [3.63, 3.8) is 0 Å². The number of hydrogen-bond donors (Lipinski definition) is 0. The summed E-state index contributed by atoms with van der Waals surface area (Å²) in [5.74, 6) is 0. The second kappa shape index (κ2) is 3.94. The highest BCUT2D eigenvalue weighted by atomic mass is 127. The summed E-state index contributed by atoms with van der Waals surface area (Å²) in [6.45, 7) is 0. The van der Waals surface area contributed by atoms with Gasteiger partial charge in [-0.2, -0.15) is 0 Å². The van der Waals surface area contributed by atoms with Crippen LogP contribution in [0, 0.1) is 3.57 Å². The minimum Gasteiger partial charge on any atom is -0.317 e. The standard InChI is InChI=1S/C14H10IN/c15-12-6-7-14-11(10-12)8-9-16(14)13-4-2-1-3-5-13/h1-10H. The van der Waals surface area contributed by atoms with Gasteiger partial charge in [-0.3, -0.25) is 0 Å². The van der Waals surface area contributed by atoms with Crippen LogP contribution in [0.2, 0.25) is 0 Å². The van der Waals surface area contributed by atoms with Gasteiger partial charge < -0.3 is 4.57 Å². The summed E-state index contributed by atoms with van der Waals surface area (Å²) in [7, 11) is 0. The molecule has 0 fully saturated rings. The first-order chi connectivity index (χ1) is 7.84. The Balaban J connectivity index is 2.26. The van der Waals surface area contributed by atoms with E-state index in [1.165, 1.54) is 20.2 Å². The lowest BCUT2D eigenvalue weighted by molar-refractivity contribution is 1.13. The Hall–Kier alpha value is -1.29. The highest BCUT2D eigenvalue weighted by Gasteiger charge is 2.02. The fraction of sp³-hybridized carbons (Fsp3) is 0. The number of fused-ring (bicyclic) bond motifs is 1. The molecule has 0 saturated heterocycles. The van der Waals surface area contributed by atoms with Crippen molar-refractivity contribution in [3.8, 4) is 5.69 Å². The van der Waals surface area contributed by atoms with Crippen molar-refractivity contribution in [2.75, 3.05) is 0 Å². The Morgan fingerprint density at radius 1 is 0.875 bits per heavy atom. The molecule has 1 aromatic heterocycles. The lowest BCUT2D eigenvalue weighted by Gasteiger charge is -2.04. The van der Waals surface area contributed by atoms with Gasteiger partial charge in [0.2, 0.25) is 0 Å². The van der Waals surface area contributed by atoms with Crippen molar-refractivity contribution in [1.82, 2.24) is 4.57 Å². The molecule has 1 heterocycles. The summed E-state index contributed by atoms with van der Waals surface area (Å²) < 4.78 is 3.49. The minimum atomic E-state index is 1.21. The Morgan fingerprint density at radius 2 is 1.69 bits per heavy atom. The zero-order valence-corrected chi connectivity index (χ0v) is 10.8. The summed E-state index contributed by atoms with van der Waals surface area (Å²) in [6.07, 6.45) is 2.12. The van der Waals surface area contributed by atoms with Crippen molar-refractivity contribution in [2.24, 2.45) is 0 Å². The fourth-order valence-electron chi connectivity index (χ4n) is 1.93. The van der Waals surface area contributed by atoms with Gasteiger partial charge in [-0.1, -0.05) is 18.2 Å². The van der Waals surface area contributed by atoms with E-state index in [0.717, 1.165) is 0 Å². The average molecular weight is 319 g/mol. The van der Waals surface area contributed by atoms with Crippen LogP contribution < -0.4 is 0 Å². The molecule has 0 radical (unpaired) electrons. The molecule has 0 saturated carbocycles. The average Bonchev–Trinajstić information content (AvgIpc) is 2.73. The van der Waals surface area contributed by atoms with Crippen LogP contribution in [0.15, 0.2) is 60.8 Å². The molecule has 78 valence electrons. The van der Waals surface area contributed by atoms with E-state index in [1.807, 2.05) is 6.07 Å². The number of para-hydroxylation sites is 1. The van der Waals surface area contributed by atoms with Gasteiger partial charge in [-0.15, -0.1) is 0 Å². The van der Waals surface area contributed by atoms with E-state index in [-0.39, 0.29) is 0 Å². The molecule has 0 bridgehead atoms. The number of nitrogens with zero attached hydrogens (tertiary/aromatic N) is 1. The summed E-state index contributed by atoms with van der Waals surface area (Å²) in [4.78, 5) is 0. The van der Waals surface area contributed by atoms with Crippen LogP contribution in [-0.2, 0) is 0 Å². The van der Waals surface area contributed by atoms with Gasteiger partial charge >= 0.3 is 0 Å². The maximum absolute atomic E-state index is 2.34. The molecule has 0 unspecified atom stereocenters. The molecule has 0 atom stereocenters. The second-order valence-electron chi connectivity index (χ2n) is 3.72. The van der Waals surface area contributed by atoms with Crippen LogP contribution in [0.1, 0.15) is 0 Å². The summed E-state index contributed by atoms with van der Waals surface area (Å²) in [5.41, 5.74) is 2.46. The van der Waals surface area contributed by atoms with Crippen molar-refractivity contribution in [2.45, 2.75) is 0 Å². The molecular formula is C14H10IN. The van der Waals surface area contributed by atoms with E-state index in [1.54, 1.807) is 0 Å². The summed E-state index contributed by atoms with van der Waals surface area (Å²) in [5, 5.41) is 1.29. The van der Waals surface area contributed by atoms with Crippen LogP contribution in [0.3, 0.4) is 0 Å². The smallest absolute Gasteiger partial charge is 0.0529 e. The number of benzene rings is 2. The molecule has 0 aliphatic heterocycles. The minimum absolute atomic E-state index is 1.21. The van der Waals surface area contributed by atoms with E-state index in [4.69, 9.17) is 0 Å². The number of rotatable bonds is 1.